The molecule has 110 valence electrons. The predicted octanol–water partition coefficient (Wildman–Crippen LogP) is 2.71. The Balaban J connectivity index is 2.72. The van der Waals surface area contributed by atoms with Gasteiger partial charge in [-0.05, 0) is 31.0 Å². The zero-order valence-corrected chi connectivity index (χ0v) is 13.2. The summed E-state index contributed by atoms with van der Waals surface area (Å²) in [6.45, 7) is 0.443. The van der Waals surface area contributed by atoms with Gasteiger partial charge in [-0.2, -0.15) is 0 Å². The van der Waals surface area contributed by atoms with Crippen molar-refractivity contribution in [1.29, 1.82) is 0 Å². The van der Waals surface area contributed by atoms with Crippen molar-refractivity contribution in [1.82, 2.24) is 5.32 Å². The number of carboxylic acid groups (broad SMARTS) is 1. The molecule has 1 rings (SSSR count). The zero-order chi connectivity index (χ0) is 15.1. The van der Waals surface area contributed by atoms with Crippen LogP contribution in [-0.2, 0) is 9.53 Å². The first-order valence-electron chi connectivity index (χ1n) is 5.93. The molecule has 1 amide bonds. The number of carbonyl (C=O) groups excluding carboxylic acids is 1. The fourth-order valence-electron chi connectivity index (χ4n) is 1.60. The van der Waals surface area contributed by atoms with Crippen LogP contribution >= 0.6 is 27.5 Å². The minimum absolute atomic E-state index is 0.243. The molecule has 2 N–H and O–H groups in total. The maximum atomic E-state index is 12.0. The van der Waals surface area contributed by atoms with Crippen molar-refractivity contribution >= 4 is 39.4 Å². The number of carboxylic acids is 1. The summed E-state index contributed by atoms with van der Waals surface area (Å²) in [6.07, 6.45) is 0.838. The number of halogens is 2. The van der Waals surface area contributed by atoms with Gasteiger partial charge >= 0.3 is 5.97 Å². The van der Waals surface area contributed by atoms with E-state index in [1.54, 1.807) is 12.1 Å². The van der Waals surface area contributed by atoms with Gasteiger partial charge in [-0.1, -0.05) is 27.5 Å². The van der Waals surface area contributed by atoms with Gasteiger partial charge in [-0.15, -0.1) is 0 Å². The summed E-state index contributed by atoms with van der Waals surface area (Å²) >= 11 is 9.19. The summed E-state index contributed by atoms with van der Waals surface area (Å²) in [5, 5.41) is 11.8. The van der Waals surface area contributed by atoms with E-state index in [9.17, 15) is 9.59 Å². The van der Waals surface area contributed by atoms with Crippen LogP contribution in [0.2, 0.25) is 5.02 Å². The minimum Gasteiger partial charge on any atom is -0.480 e. The normalized spacial score (nSPS) is 11.9. The SMILES string of the molecule is COCCCC(NC(=O)c1ccc(Br)cc1Cl)C(=O)O. The molecule has 0 spiro atoms. The van der Waals surface area contributed by atoms with Crippen LogP contribution in [0.5, 0.6) is 0 Å². The molecular weight excluding hydrogens is 350 g/mol. The molecule has 0 aliphatic carbocycles. The van der Waals surface area contributed by atoms with Gasteiger partial charge in [0.1, 0.15) is 6.04 Å². The number of nitrogens with one attached hydrogen (secondary N) is 1. The second-order valence-electron chi connectivity index (χ2n) is 4.12. The summed E-state index contributed by atoms with van der Waals surface area (Å²) < 4.78 is 5.61. The molecule has 1 aromatic rings. The van der Waals surface area contributed by atoms with E-state index in [-0.39, 0.29) is 10.6 Å². The average molecular weight is 365 g/mol. The quantitative estimate of drug-likeness (QED) is 0.730. The van der Waals surface area contributed by atoms with E-state index in [0.29, 0.717) is 19.4 Å². The Kier molecular flexibility index (Phi) is 6.98. The molecule has 0 fully saturated rings. The van der Waals surface area contributed by atoms with Crippen LogP contribution in [0.15, 0.2) is 22.7 Å². The Morgan fingerprint density at radius 1 is 1.50 bits per heavy atom. The van der Waals surface area contributed by atoms with Gasteiger partial charge in [0.15, 0.2) is 0 Å². The van der Waals surface area contributed by atoms with E-state index in [1.807, 2.05) is 0 Å². The Labute approximate surface area is 130 Å². The predicted molar refractivity (Wildman–Crippen MR) is 79.2 cm³/mol. The van der Waals surface area contributed by atoms with E-state index in [0.717, 1.165) is 4.47 Å². The summed E-state index contributed by atoms with van der Waals surface area (Å²) in [4.78, 5) is 23.1. The van der Waals surface area contributed by atoms with Crippen molar-refractivity contribution in [3.63, 3.8) is 0 Å². The first-order valence-corrected chi connectivity index (χ1v) is 7.10. The topological polar surface area (TPSA) is 75.6 Å². The molecule has 0 bridgehead atoms. The van der Waals surface area contributed by atoms with Gasteiger partial charge in [-0.3, -0.25) is 4.79 Å². The van der Waals surface area contributed by atoms with Crippen LogP contribution in [0.1, 0.15) is 23.2 Å². The fraction of sp³-hybridized carbons (Fsp3) is 0.385. The van der Waals surface area contributed by atoms with E-state index in [2.05, 4.69) is 21.2 Å². The van der Waals surface area contributed by atoms with Gasteiger partial charge in [0, 0.05) is 18.2 Å². The second kappa shape index (κ2) is 8.24. The molecule has 1 atom stereocenters. The standard InChI is InChI=1S/C13H15BrClNO4/c1-20-6-2-3-11(13(18)19)16-12(17)9-5-4-8(14)7-10(9)15/h4-5,7,11H,2-3,6H2,1H3,(H,16,17)(H,18,19). The lowest BCUT2D eigenvalue weighted by Gasteiger charge is -2.15. The van der Waals surface area contributed by atoms with Gasteiger partial charge < -0.3 is 15.2 Å². The molecule has 0 aliphatic heterocycles. The second-order valence-corrected chi connectivity index (χ2v) is 5.45. The fourth-order valence-corrected chi connectivity index (χ4v) is 2.36. The Morgan fingerprint density at radius 3 is 2.75 bits per heavy atom. The smallest absolute Gasteiger partial charge is 0.326 e. The molecule has 7 heteroatoms. The number of carbonyl (C=O) groups is 2. The van der Waals surface area contributed by atoms with E-state index < -0.39 is 17.9 Å². The molecule has 0 aromatic heterocycles. The summed E-state index contributed by atoms with van der Waals surface area (Å²) in [5.74, 6) is -1.59. The first-order chi connectivity index (χ1) is 9.45. The Morgan fingerprint density at radius 2 is 2.20 bits per heavy atom. The third-order valence-electron chi connectivity index (χ3n) is 2.62. The first kappa shape index (κ1) is 16.9. The highest BCUT2D eigenvalue weighted by molar-refractivity contribution is 9.10. The average Bonchev–Trinajstić information content (AvgIpc) is 2.37. The molecule has 20 heavy (non-hydrogen) atoms. The lowest BCUT2D eigenvalue weighted by Crippen LogP contribution is -2.41. The highest BCUT2D eigenvalue weighted by Gasteiger charge is 2.21. The monoisotopic (exact) mass is 363 g/mol. The summed E-state index contributed by atoms with van der Waals surface area (Å²) in [7, 11) is 1.54. The molecular formula is C13H15BrClNO4. The van der Waals surface area contributed by atoms with Crippen LogP contribution < -0.4 is 5.32 Å². The molecule has 1 unspecified atom stereocenters. The number of benzene rings is 1. The Bertz CT molecular complexity index is 495. The van der Waals surface area contributed by atoms with E-state index >= 15 is 0 Å². The third kappa shape index (κ3) is 5.11. The number of methoxy groups -OCH3 is 1. The number of hydrogen-bond donors (Lipinski definition) is 2. The van der Waals surface area contributed by atoms with Crippen molar-refractivity contribution in [2.75, 3.05) is 13.7 Å². The molecule has 0 heterocycles. The van der Waals surface area contributed by atoms with E-state index in [4.69, 9.17) is 21.4 Å². The van der Waals surface area contributed by atoms with Crippen molar-refractivity contribution < 1.29 is 19.4 Å². The third-order valence-corrected chi connectivity index (χ3v) is 3.43. The highest BCUT2D eigenvalue weighted by atomic mass is 79.9. The largest absolute Gasteiger partial charge is 0.480 e. The molecule has 0 radical (unpaired) electrons. The molecule has 0 saturated heterocycles. The lowest BCUT2D eigenvalue weighted by molar-refractivity contribution is -0.139. The molecule has 1 aromatic carbocycles. The van der Waals surface area contributed by atoms with Crippen LogP contribution in [0.3, 0.4) is 0 Å². The zero-order valence-electron chi connectivity index (χ0n) is 10.9. The molecule has 0 saturated carbocycles. The summed E-state index contributed by atoms with van der Waals surface area (Å²) in [6, 6.07) is 3.83. The van der Waals surface area contributed by atoms with Crippen molar-refractivity contribution in [2.45, 2.75) is 18.9 Å². The summed E-state index contributed by atoms with van der Waals surface area (Å²) in [5.41, 5.74) is 0.243. The number of ether oxygens (including phenoxy) is 1. The minimum atomic E-state index is -1.08. The van der Waals surface area contributed by atoms with Crippen LogP contribution in [0.4, 0.5) is 0 Å². The van der Waals surface area contributed by atoms with Gasteiger partial charge in [0.25, 0.3) is 5.91 Å². The Hall–Kier alpha value is -1.11. The number of hydrogen-bond acceptors (Lipinski definition) is 3. The van der Waals surface area contributed by atoms with Crippen LogP contribution in [-0.4, -0.2) is 36.7 Å². The van der Waals surface area contributed by atoms with Crippen LogP contribution in [0, 0.1) is 0 Å². The number of aliphatic carboxylic acids is 1. The van der Waals surface area contributed by atoms with Gasteiger partial charge in [0.05, 0.1) is 10.6 Å². The maximum Gasteiger partial charge on any atom is 0.326 e. The number of rotatable bonds is 7. The number of amides is 1. The van der Waals surface area contributed by atoms with Crippen molar-refractivity contribution in [3.8, 4) is 0 Å². The van der Waals surface area contributed by atoms with Gasteiger partial charge in [-0.25, -0.2) is 4.79 Å². The van der Waals surface area contributed by atoms with Crippen molar-refractivity contribution in [2.24, 2.45) is 0 Å². The molecule has 5 nitrogen and oxygen atoms in total. The van der Waals surface area contributed by atoms with Crippen molar-refractivity contribution in [3.05, 3.63) is 33.3 Å². The van der Waals surface area contributed by atoms with Gasteiger partial charge in [0.2, 0.25) is 0 Å². The van der Waals surface area contributed by atoms with Crippen LogP contribution in [0.25, 0.3) is 0 Å². The lowest BCUT2D eigenvalue weighted by atomic mass is 10.1. The highest BCUT2D eigenvalue weighted by Crippen LogP contribution is 2.21. The maximum absolute atomic E-state index is 12.0. The van der Waals surface area contributed by atoms with E-state index in [1.165, 1.54) is 13.2 Å². The molecule has 0 aliphatic rings.